The molecule has 1 fully saturated rings. The molecule has 0 saturated carbocycles. The Kier molecular flexibility index (Phi) is 4.89. The molecule has 1 saturated heterocycles. The van der Waals surface area contributed by atoms with E-state index in [9.17, 15) is 0 Å². The van der Waals surface area contributed by atoms with Crippen molar-refractivity contribution in [3.8, 4) is 0 Å². The Hall–Kier alpha value is -0.760. The number of allylic oxidation sites excluding steroid dienone is 3. The van der Waals surface area contributed by atoms with E-state index in [2.05, 4.69) is 49.9 Å². The monoisotopic (exact) mass is 208 g/mol. The highest BCUT2D eigenvalue weighted by Gasteiger charge is 2.14. The van der Waals surface area contributed by atoms with Crippen LogP contribution in [0.5, 0.6) is 0 Å². The predicted octanol–water partition coefficient (Wildman–Crippen LogP) is 2.49. The lowest BCUT2D eigenvalue weighted by molar-refractivity contribution is 0.229. The van der Waals surface area contributed by atoms with Crippen LogP contribution in [0.3, 0.4) is 0 Å². The molecule has 1 aliphatic heterocycles. The predicted molar refractivity (Wildman–Crippen MR) is 66.9 cm³/mol. The molecule has 1 aliphatic rings. The zero-order valence-corrected chi connectivity index (χ0v) is 10.6. The second-order valence-electron chi connectivity index (χ2n) is 4.53. The summed E-state index contributed by atoms with van der Waals surface area (Å²) in [5.74, 6) is 0. The van der Waals surface area contributed by atoms with E-state index >= 15 is 0 Å². The van der Waals surface area contributed by atoms with Crippen molar-refractivity contribution in [1.82, 2.24) is 9.80 Å². The van der Waals surface area contributed by atoms with Crippen LogP contribution in [0.4, 0.5) is 0 Å². The molecule has 0 bridgehead atoms. The maximum atomic E-state index is 2.37. The van der Waals surface area contributed by atoms with Crippen LogP contribution >= 0.6 is 0 Å². The van der Waals surface area contributed by atoms with Gasteiger partial charge in [-0.15, -0.1) is 0 Å². The highest BCUT2D eigenvalue weighted by atomic mass is 15.2. The molecule has 0 aromatic carbocycles. The Balaban J connectivity index is 2.63. The molecule has 0 unspecified atom stereocenters. The van der Waals surface area contributed by atoms with Crippen molar-refractivity contribution in [1.29, 1.82) is 0 Å². The molecular formula is C13H24N2. The van der Waals surface area contributed by atoms with Crippen molar-refractivity contribution in [2.75, 3.05) is 33.7 Å². The molecule has 86 valence electrons. The SMILES string of the molecule is CCC/C=C(C)/C=C1/CN(C)CCN1C. The number of hydrogen-bond donors (Lipinski definition) is 0. The standard InChI is InChI=1S/C13H24N2/c1-5-6-7-12(2)10-13-11-14(3)8-9-15(13)4/h7,10H,5-6,8-9,11H2,1-4H3/b12-7+,13-10-. The van der Waals surface area contributed by atoms with Crippen LogP contribution in [0, 0.1) is 0 Å². The average Bonchev–Trinajstić information content (AvgIpc) is 2.20. The van der Waals surface area contributed by atoms with Gasteiger partial charge in [-0.25, -0.2) is 0 Å². The van der Waals surface area contributed by atoms with E-state index in [-0.39, 0.29) is 0 Å². The molecule has 2 nitrogen and oxygen atoms in total. The summed E-state index contributed by atoms with van der Waals surface area (Å²) >= 11 is 0. The van der Waals surface area contributed by atoms with Gasteiger partial charge in [-0.05, 0) is 26.5 Å². The molecule has 0 spiro atoms. The van der Waals surface area contributed by atoms with E-state index in [1.165, 1.54) is 30.7 Å². The fraction of sp³-hybridized carbons (Fsp3) is 0.692. The van der Waals surface area contributed by atoms with Crippen molar-refractivity contribution in [2.24, 2.45) is 0 Å². The molecule has 0 radical (unpaired) electrons. The van der Waals surface area contributed by atoms with E-state index in [1.807, 2.05) is 0 Å². The summed E-state index contributed by atoms with van der Waals surface area (Å²) in [6.45, 7) is 7.81. The van der Waals surface area contributed by atoms with Gasteiger partial charge < -0.3 is 4.90 Å². The second kappa shape index (κ2) is 5.96. The summed E-state index contributed by atoms with van der Waals surface area (Å²) in [7, 11) is 4.37. The van der Waals surface area contributed by atoms with E-state index in [4.69, 9.17) is 0 Å². The quantitative estimate of drug-likeness (QED) is 0.703. The first kappa shape index (κ1) is 12.3. The van der Waals surface area contributed by atoms with E-state index in [0.717, 1.165) is 13.1 Å². The van der Waals surface area contributed by atoms with Crippen LogP contribution in [0.2, 0.25) is 0 Å². The van der Waals surface area contributed by atoms with Gasteiger partial charge in [0.15, 0.2) is 0 Å². The number of rotatable bonds is 3. The minimum atomic E-state index is 1.08. The molecule has 0 aliphatic carbocycles. The first-order chi connectivity index (χ1) is 7.13. The summed E-state index contributed by atoms with van der Waals surface area (Å²) in [4.78, 5) is 4.74. The molecule has 0 aromatic heterocycles. The molecule has 15 heavy (non-hydrogen) atoms. The normalized spacial score (nSPS) is 22.5. The highest BCUT2D eigenvalue weighted by molar-refractivity contribution is 5.22. The lowest BCUT2D eigenvalue weighted by Gasteiger charge is -2.33. The lowest BCUT2D eigenvalue weighted by Crippen LogP contribution is -2.40. The van der Waals surface area contributed by atoms with Crippen LogP contribution in [0.15, 0.2) is 23.4 Å². The smallest absolute Gasteiger partial charge is 0.0381 e. The van der Waals surface area contributed by atoms with E-state index in [0.29, 0.717) is 0 Å². The van der Waals surface area contributed by atoms with E-state index in [1.54, 1.807) is 0 Å². The average molecular weight is 208 g/mol. The first-order valence-electron chi connectivity index (χ1n) is 5.90. The largest absolute Gasteiger partial charge is 0.376 e. The summed E-state index contributed by atoms with van der Waals surface area (Å²) in [5, 5.41) is 0. The van der Waals surface area contributed by atoms with Gasteiger partial charge in [-0.1, -0.05) is 25.0 Å². The van der Waals surface area contributed by atoms with Crippen molar-refractivity contribution < 1.29 is 0 Å². The maximum Gasteiger partial charge on any atom is 0.0381 e. The van der Waals surface area contributed by atoms with Crippen LogP contribution in [0.25, 0.3) is 0 Å². The third-order valence-corrected chi connectivity index (χ3v) is 2.89. The van der Waals surface area contributed by atoms with Gasteiger partial charge in [-0.3, -0.25) is 4.90 Å². The van der Waals surface area contributed by atoms with Crippen molar-refractivity contribution in [2.45, 2.75) is 26.7 Å². The number of unbranched alkanes of at least 4 members (excludes halogenated alkanes) is 1. The summed E-state index contributed by atoms with van der Waals surface area (Å²) in [6, 6.07) is 0. The van der Waals surface area contributed by atoms with Gasteiger partial charge >= 0.3 is 0 Å². The molecule has 0 N–H and O–H groups in total. The Bertz CT molecular complexity index is 253. The molecular weight excluding hydrogens is 184 g/mol. The molecule has 1 heterocycles. The third kappa shape index (κ3) is 4.08. The number of hydrogen-bond acceptors (Lipinski definition) is 2. The van der Waals surface area contributed by atoms with Crippen LogP contribution < -0.4 is 0 Å². The molecule has 0 aromatic rings. The van der Waals surface area contributed by atoms with Gasteiger partial charge in [0.1, 0.15) is 0 Å². The minimum absolute atomic E-state index is 1.08. The van der Waals surface area contributed by atoms with Crippen molar-refractivity contribution in [3.05, 3.63) is 23.4 Å². The van der Waals surface area contributed by atoms with Crippen molar-refractivity contribution >= 4 is 0 Å². The second-order valence-corrected chi connectivity index (χ2v) is 4.53. The zero-order valence-electron chi connectivity index (χ0n) is 10.6. The minimum Gasteiger partial charge on any atom is -0.376 e. The molecule has 0 atom stereocenters. The Morgan fingerprint density at radius 1 is 1.33 bits per heavy atom. The number of piperazine rings is 1. The van der Waals surface area contributed by atoms with E-state index < -0.39 is 0 Å². The Morgan fingerprint density at radius 2 is 2.07 bits per heavy atom. The van der Waals surface area contributed by atoms with Gasteiger partial charge in [-0.2, -0.15) is 0 Å². The first-order valence-corrected chi connectivity index (χ1v) is 5.90. The Morgan fingerprint density at radius 3 is 2.73 bits per heavy atom. The van der Waals surface area contributed by atoms with Gasteiger partial charge in [0.2, 0.25) is 0 Å². The van der Waals surface area contributed by atoms with Gasteiger partial charge in [0.05, 0.1) is 0 Å². The third-order valence-electron chi connectivity index (χ3n) is 2.89. The zero-order chi connectivity index (χ0) is 11.3. The molecule has 2 heteroatoms. The summed E-state index contributed by atoms with van der Waals surface area (Å²) in [6.07, 6.45) is 7.08. The summed E-state index contributed by atoms with van der Waals surface area (Å²) in [5.41, 5.74) is 2.84. The summed E-state index contributed by atoms with van der Waals surface area (Å²) < 4.78 is 0. The number of likely N-dealkylation sites (N-methyl/N-ethyl adjacent to an activating group) is 2. The molecule has 0 amide bonds. The number of nitrogens with zero attached hydrogens (tertiary/aromatic N) is 2. The maximum absolute atomic E-state index is 2.37. The van der Waals surface area contributed by atoms with Crippen LogP contribution in [-0.4, -0.2) is 43.5 Å². The lowest BCUT2D eigenvalue weighted by atomic mass is 10.1. The molecule has 1 rings (SSSR count). The Labute approximate surface area is 94.3 Å². The highest BCUT2D eigenvalue weighted by Crippen LogP contribution is 2.12. The van der Waals surface area contributed by atoms with Crippen LogP contribution in [0.1, 0.15) is 26.7 Å². The fourth-order valence-corrected chi connectivity index (χ4v) is 1.79. The van der Waals surface area contributed by atoms with Gasteiger partial charge in [0.25, 0.3) is 0 Å². The van der Waals surface area contributed by atoms with Crippen molar-refractivity contribution in [3.63, 3.8) is 0 Å². The topological polar surface area (TPSA) is 6.48 Å². The van der Waals surface area contributed by atoms with Gasteiger partial charge in [0, 0.05) is 32.4 Å². The van der Waals surface area contributed by atoms with Crippen LogP contribution in [-0.2, 0) is 0 Å². The fourth-order valence-electron chi connectivity index (χ4n) is 1.79.